The molecule has 1 aliphatic heterocycles. The van der Waals surface area contributed by atoms with Crippen LogP contribution in [0.1, 0.15) is 11.1 Å². The van der Waals surface area contributed by atoms with E-state index in [0.29, 0.717) is 5.75 Å². The number of aliphatic hydroxyl groups excluding tert-OH is 1. The van der Waals surface area contributed by atoms with Crippen molar-refractivity contribution >= 4 is 32.4 Å². The molecule has 0 radical (unpaired) electrons. The van der Waals surface area contributed by atoms with Gasteiger partial charge in [0.2, 0.25) is 6.79 Å². The number of aliphatic hydroxyl groups is 1. The van der Waals surface area contributed by atoms with E-state index in [1.54, 1.807) is 14.2 Å². The third-order valence-corrected chi connectivity index (χ3v) is 6.15. The lowest BCUT2D eigenvalue weighted by atomic mass is 9.94. The van der Waals surface area contributed by atoms with Crippen molar-refractivity contribution in [3.63, 3.8) is 0 Å². The Morgan fingerprint density at radius 3 is 2.35 bits per heavy atom. The fourth-order valence-electron chi connectivity index (χ4n) is 4.68. The average molecular weight is 456 g/mol. The van der Waals surface area contributed by atoms with Gasteiger partial charge in [0.25, 0.3) is 0 Å². The van der Waals surface area contributed by atoms with Crippen molar-refractivity contribution in [3.8, 4) is 23.0 Å². The summed E-state index contributed by atoms with van der Waals surface area (Å²) in [7, 11) is 4.36. The number of methoxy groups -OCH3 is 2. The van der Waals surface area contributed by atoms with E-state index in [0.717, 1.165) is 68.8 Å². The van der Waals surface area contributed by atoms with Crippen molar-refractivity contribution in [2.75, 3.05) is 28.1 Å². The van der Waals surface area contributed by atoms with Gasteiger partial charge in [-0.15, -0.1) is 0 Å². The molecule has 1 aliphatic rings. The number of rotatable bonds is 4. The van der Waals surface area contributed by atoms with Crippen LogP contribution in [0.2, 0.25) is 0 Å². The molecule has 1 aromatic heterocycles. The van der Waals surface area contributed by atoms with E-state index >= 15 is 0 Å². The Bertz CT molecular complexity index is 1500. The first kappa shape index (κ1) is 21.8. The van der Waals surface area contributed by atoms with Crippen molar-refractivity contribution in [3.05, 3.63) is 78.0 Å². The van der Waals surface area contributed by atoms with Crippen LogP contribution in [0.25, 0.3) is 32.4 Å². The third kappa shape index (κ3) is 3.43. The molecule has 0 saturated carbocycles. The first-order valence-corrected chi connectivity index (χ1v) is 10.9. The number of ether oxygens (including phenoxy) is 4. The summed E-state index contributed by atoms with van der Waals surface area (Å²) in [6, 6.07) is 20.7. The summed E-state index contributed by atoms with van der Waals surface area (Å²) < 4.78 is 22.8. The Hall–Kier alpha value is -4.03. The zero-order valence-corrected chi connectivity index (χ0v) is 19.3. The third-order valence-electron chi connectivity index (χ3n) is 6.15. The van der Waals surface area contributed by atoms with Crippen molar-refractivity contribution in [2.24, 2.45) is 0 Å². The second-order valence-corrected chi connectivity index (χ2v) is 7.83. The quantitative estimate of drug-likeness (QED) is 0.362. The molecule has 6 nitrogen and oxygen atoms in total. The number of hydrogen-bond donors (Lipinski definition) is 1. The Labute approximate surface area is 197 Å². The molecule has 0 aliphatic carbocycles. The Morgan fingerprint density at radius 1 is 0.824 bits per heavy atom. The van der Waals surface area contributed by atoms with Crippen molar-refractivity contribution < 1.29 is 24.1 Å². The van der Waals surface area contributed by atoms with E-state index in [2.05, 4.69) is 42.5 Å². The molecule has 1 N–H and O–H groups in total. The Kier molecular flexibility index (Phi) is 5.82. The highest BCUT2D eigenvalue weighted by Gasteiger charge is 2.21. The van der Waals surface area contributed by atoms with Gasteiger partial charge in [-0.3, -0.25) is 4.98 Å². The Morgan fingerprint density at radius 2 is 1.59 bits per heavy atom. The predicted molar refractivity (Wildman–Crippen MR) is 133 cm³/mol. The van der Waals surface area contributed by atoms with Gasteiger partial charge in [0.05, 0.1) is 19.7 Å². The minimum absolute atomic E-state index is 0.240. The maximum Gasteiger partial charge on any atom is 0.231 e. The lowest BCUT2D eigenvalue weighted by Crippen LogP contribution is -2.00. The van der Waals surface area contributed by atoms with Gasteiger partial charge in [-0.25, -0.2) is 0 Å². The average Bonchev–Trinajstić information content (AvgIpc) is 3.39. The maximum atomic E-state index is 7.00. The summed E-state index contributed by atoms with van der Waals surface area (Å²) >= 11 is 0. The highest BCUT2D eigenvalue weighted by molar-refractivity contribution is 6.17. The Balaban J connectivity index is 0.00000117. The normalized spacial score (nSPS) is 12.0. The molecule has 0 bridgehead atoms. The molecule has 0 amide bonds. The van der Waals surface area contributed by atoms with Gasteiger partial charge in [0.1, 0.15) is 0 Å². The molecule has 4 aromatic carbocycles. The van der Waals surface area contributed by atoms with Crippen LogP contribution in [-0.2, 0) is 6.42 Å². The zero-order valence-electron chi connectivity index (χ0n) is 19.3. The predicted octanol–water partition coefficient (Wildman–Crippen LogP) is 5.49. The van der Waals surface area contributed by atoms with Crippen LogP contribution >= 0.6 is 0 Å². The van der Waals surface area contributed by atoms with Crippen LogP contribution in [-0.4, -0.2) is 38.2 Å². The van der Waals surface area contributed by atoms with E-state index in [1.165, 1.54) is 5.56 Å². The standard InChI is InChI=1S/C27H21NO4.CH4O/c1-29-24-13-20-18(21(26(24)30-2)12-16-6-4-3-5-7-16)8-9-19-17-10-11-23-27(32-15-31-23)22(17)14-28-25(19)20;1-2/h3-11,13-14H,12,15H2,1-2H3;2H,1H3. The van der Waals surface area contributed by atoms with Gasteiger partial charge in [0.15, 0.2) is 23.0 Å². The largest absolute Gasteiger partial charge is 0.493 e. The lowest BCUT2D eigenvalue weighted by molar-refractivity contribution is 0.175. The summed E-state index contributed by atoms with van der Waals surface area (Å²) in [5.41, 5.74) is 3.21. The fraction of sp³-hybridized carbons (Fsp3) is 0.179. The highest BCUT2D eigenvalue weighted by Crippen LogP contribution is 2.44. The number of pyridine rings is 1. The summed E-state index contributed by atoms with van der Waals surface area (Å²) in [6.45, 7) is 0.240. The SMILES string of the molecule is CO.COc1cc2c(ccc3c4ccc5c(c4cnc23)OCO5)c(Cc2ccccc2)c1OC. The number of fused-ring (bicyclic) bond motifs is 7. The minimum Gasteiger partial charge on any atom is -0.493 e. The topological polar surface area (TPSA) is 70.0 Å². The van der Waals surface area contributed by atoms with Crippen LogP contribution < -0.4 is 18.9 Å². The minimum atomic E-state index is 0.240. The smallest absolute Gasteiger partial charge is 0.231 e. The van der Waals surface area contributed by atoms with E-state index in [4.69, 9.17) is 29.0 Å². The van der Waals surface area contributed by atoms with E-state index in [9.17, 15) is 0 Å². The van der Waals surface area contributed by atoms with E-state index in [1.807, 2.05) is 24.4 Å². The molecular weight excluding hydrogens is 430 g/mol. The fourth-order valence-corrected chi connectivity index (χ4v) is 4.68. The number of hydrogen-bond acceptors (Lipinski definition) is 6. The first-order valence-electron chi connectivity index (χ1n) is 10.9. The zero-order chi connectivity index (χ0) is 23.7. The van der Waals surface area contributed by atoms with Crippen LogP contribution in [0.4, 0.5) is 0 Å². The lowest BCUT2D eigenvalue weighted by Gasteiger charge is -2.17. The maximum absolute atomic E-state index is 7.00. The molecule has 0 spiro atoms. The molecule has 0 fully saturated rings. The van der Waals surface area contributed by atoms with E-state index < -0.39 is 0 Å². The molecule has 172 valence electrons. The van der Waals surface area contributed by atoms with Gasteiger partial charge in [-0.05, 0) is 34.5 Å². The second kappa shape index (κ2) is 9.08. The summed E-state index contributed by atoms with van der Waals surface area (Å²) in [5.74, 6) is 2.98. The first-order chi connectivity index (χ1) is 16.8. The van der Waals surface area contributed by atoms with Crippen molar-refractivity contribution in [2.45, 2.75) is 6.42 Å². The van der Waals surface area contributed by atoms with Gasteiger partial charge in [0, 0.05) is 41.4 Å². The summed E-state index contributed by atoms with van der Waals surface area (Å²) in [6.07, 6.45) is 2.60. The van der Waals surface area contributed by atoms with Crippen molar-refractivity contribution in [1.29, 1.82) is 0 Å². The molecule has 34 heavy (non-hydrogen) atoms. The van der Waals surface area contributed by atoms with Crippen LogP contribution in [0.5, 0.6) is 23.0 Å². The molecule has 0 unspecified atom stereocenters. The highest BCUT2D eigenvalue weighted by atomic mass is 16.7. The molecule has 6 heteroatoms. The van der Waals surface area contributed by atoms with Crippen LogP contribution in [0.15, 0.2) is 66.9 Å². The monoisotopic (exact) mass is 455 g/mol. The summed E-state index contributed by atoms with van der Waals surface area (Å²) in [4.78, 5) is 4.86. The molecule has 2 heterocycles. The number of nitrogens with zero attached hydrogens (tertiary/aromatic N) is 1. The number of benzene rings is 4. The summed E-state index contributed by atoms with van der Waals surface area (Å²) in [5, 5.41) is 12.2. The van der Waals surface area contributed by atoms with Crippen LogP contribution in [0, 0.1) is 0 Å². The van der Waals surface area contributed by atoms with Gasteiger partial charge < -0.3 is 24.1 Å². The van der Waals surface area contributed by atoms with Gasteiger partial charge >= 0.3 is 0 Å². The van der Waals surface area contributed by atoms with E-state index in [-0.39, 0.29) is 6.79 Å². The van der Waals surface area contributed by atoms with Gasteiger partial charge in [-0.2, -0.15) is 0 Å². The van der Waals surface area contributed by atoms with Crippen molar-refractivity contribution in [1.82, 2.24) is 4.98 Å². The molecule has 6 rings (SSSR count). The molecule has 0 saturated heterocycles. The molecule has 0 atom stereocenters. The van der Waals surface area contributed by atoms with Crippen LogP contribution in [0.3, 0.4) is 0 Å². The molecule has 5 aromatic rings. The van der Waals surface area contributed by atoms with Gasteiger partial charge in [-0.1, -0.05) is 42.5 Å². The molecular formula is C28H25NO5. The number of aromatic nitrogens is 1. The second-order valence-electron chi connectivity index (χ2n) is 7.83.